The minimum Gasteiger partial charge on any atom is -0.494 e. The van der Waals surface area contributed by atoms with E-state index in [1.54, 1.807) is 0 Å². The van der Waals surface area contributed by atoms with Crippen LogP contribution < -0.4 is 4.74 Å². The maximum atomic E-state index is 13.1. The second-order valence-electron chi connectivity index (χ2n) is 12.6. The van der Waals surface area contributed by atoms with Gasteiger partial charge in [0.15, 0.2) is 0 Å². The van der Waals surface area contributed by atoms with Gasteiger partial charge in [-0.05, 0) is 54.5 Å². The number of aliphatic carboxylic acids is 1. The summed E-state index contributed by atoms with van der Waals surface area (Å²) in [6.07, 6.45) is 15.5. The molecule has 0 fully saturated rings. The Kier molecular flexibility index (Phi) is 20.9. The number of rotatable bonds is 27. The molecule has 0 heterocycles. The molecule has 2 atom stereocenters. The lowest BCUT2D eigenvalue weighted by molar-refractivity contribution is -0.155. The van der Waals surface area contributed by atoms with Gasteiger partial charge in [0.1, 0.15) is 5.75 Å². The molecule has 1 aromatic rings. The van der Waals surface area contributed by atoms with Gasteiger partial charge < -0.3 is 24.0 Å². The first-order chi connectivity index (χ1) is 20.5. The third kappa shape index (κ3) is 16.2. The molecule has 0 radical (unpaired) electrons. The summed E-state index contributed by atoms with van der Waals surface area (Å²) in [5.74, 6) is 0.0910. The van der Waals surface area contributed by atoms with E-state index in [1.807, 2.05) is 19.1 Å². The first-order valence-corrected chi connectivity index (χ1v) is 19.4. The smallest absolute Gasteiger partial charge is 0.372 e. The lowest BCUT2D eigenvalue weighted by atomic mass is 9.87. The Balaban J connectivity index is 2.36. The van der Waals surface area contributed by atoms with Crippen molar-refractivity contribution in [2.75, 3.05) is 31.3 Å². The summed E-state index contributed by atoms with van der Waals surface area (Å²) in [4.78, 5) is 23.1. The van der Waals surface area contributed by atoms with Crippen molar-refractivity contribution in [2.45, 2.75) is 142 Å². The second kappa shape index (κ2) is 22.5. The zero-order valence-corrected chi connectivity index (χ0v) is 29.5. The Bertz CT molecular complexity index is 903. The van der Waals surface area contributed by atoms with Crippen LogP contribution in [-0.4, -0.2) is 52.6 Å². The molecule has 1 rings (SSSR count). The molecule has 0 saturated heterocycles. The molecule has 0 bridgehead atoms. The van der Waals surface area contributed by atoms with Crippen LogP contribution in [0.4, 0.5) is 0 Å². The lowest BCUT2D eigenvalue weighted by Crippen LogP contribution is -2.45. The average Bonchev–Trinajstić information content (AvgIpc) is 2.96. The summed E-state index contributed by atoms with van der Waals surface area (Å²) < 4.78 is 30.0. The first-order valence-electron chi connectivity index (χ1n) is 16.7. The normalized spacial score (nSPS) is 14.7. The standard InChI is InChI=1S/C34H61O7PS/c1-6-8-9-10-11-12-16-19-27-40-34(32(35)36,42(37,38)41-25-7-2)29-43-28-20-17-14-13-15-18-26-39-31-23-21-30(22-24-31)33(3,4)5/h21-24H,6-20,25-29H2,1-5H3,(H,35,36)(H,37,38). The van der Waals surface area contributed by atoms with Crippen LogP contribution in [-0.2, 0) is 24.0 Å². The summed E-state index contributed by atoms with van der Waals surface area (Å²) in [6, 6.07) is 8.36. The van der Waals surface area contributed by atoms with Gasteiger partial charge >= 0.3 is 13.6 Å². The van der Waals surface area contributed by atoms with Crippen LogP contribution >= 0.6 is 19.4 Å². The van der Waals surface area contributed by atoms with Crippen LogP contribution in [0.1, 0.15) is 136 Å². The van der Waals surface area contributed by atoms with Crippen molar-refractivity contribution in [1.82, 2.24) is 0 Å². The number of thioether (sulfide) groups is 1. The summed E-state index contributed by atoms with van der Waals surface area (Å²) >= 11 is 1.36. The zero-order chi connectivity index (χ0) is 32.0. The Morgan fingerprint density at radius 2 is 1.30 bits per heavy atom. The highest BCUT2D eigenvalue weighted by Gasteiger charge is 2.57. The molecule has 0 spiro atoms. The van der Waals surface area contributed by atoms with Crippen molar-refractivity contribution in [2.24, 2.45) is 0 Å². The van der Waals surface area contributed by atoms with Gasteiger partial charge in [0.2, 0.25) is 0 Å². The van der Waals surface area contributed by atoms with Gasteiger partial charge in [0.25, 0.3) is 5.34 Å². The summed E-state index contributed by atoms with van der Waals surface area (Å²) in [5, 5.41) is 7.85. The third-order valence-electron chi connectivity index (χ3n) is 7.57. The predicted molar refractivity (Wildman–Crippen MR) is 181 cm³/mol. The van der Waals surface area contributed by atoms with Gasteiger partial charge in [0, 0.05) is 12.4 Å². The van der Waals surface area contributed by atoms with Crippen molar-refractivity contribution in [3.8, 4) is 5.75 Å². The van der Waals surface area contributed by atoms with Crippen LogP contribution in [0.3, 0.4) is 0 Å². The second-order valence-corrected chi connectivity index (χ2v) is 15.7. The molecule has 0 saturated carbocycles. The molecular formula is C34H61O7PS. The van der Waals surface area contributed by atoms with E-state index in [4.69, 9.17) is 14.0 Å². The number of benzene rings is 1. The van der Waals surface area contributed by atoms with Crippen LogP contribution in [0.5, 0.6) is 5.75 Å². The number of unbranched alkanes of at least 4 members (excludes halogenated alkanes) is 12. The minimum atomic E-state index is -4.54. The Morgan fingerprint density at radius 1 is 0.767 bits per heavy atom. The van der Waals surface area contributed by atoms with E-state index >= 15 is 0 Å². The van der Waals surface area contributed by atoms with Gasteiger partial charge in [-0.25, -0.2) is 4.79 Å². The molecule has 9 heteroatoms. The number of carbonyl (C=O) groups is 1. The predicted octanol–water partition coefficient (Wildman–Crippen LogP) is 9.99. The maximum Gasteiger partial charge on any atom is 0.372 e. The van der Waals surface area contributed by atoms with Crippen molar-refractivity contribution in [3.05, 3.63) is 29.8 Å². The van der Waals surface area contributed by atoms with Crippen LogP contribution in [0, 0.1) is 0 Å². The average molecular weight is 645 g/mol. The number of hydrogen-bond acceptors (Lipinski definition) is 6. The van der Waals surface area contributed by atoms with E-state index in [9.17, 15) is 19.4 Å². The summed E-state index contributed by atoms with van der Waals surface area (Å²) in [7, 11) is -4.54. The SMILES string of the molecule is CCCCCCCCCCOC(CSCCCCCCCCOc1ccc(C(C)(C)C)cc1)(C(=O)O)P(=O)(O)OCCC. The number of ether oxygens (including phenoxy) is 2. The summed E-state index contributed by atoms with van der Waals surface area (Å²) in [6.45, 7) is 11.5. The number of carboxylic acid groups (broad SMARTS) is 1. The Hall–Kier alpha value is -1.05. The minimum absolute atomic E-state index is 0.0170. The first kappa shape index (κ1) is 40.0. The Morgan fingerprint density at radius 3 is 1.84 bits per heavy atom. The van der Waals surface area contributed by atoms with E-state index in [2.05, 4.69) is 39.8 Å². The van der Waals surface area contributed by atoms with Crippen molar-refractivity contribution in [3.63, 3.8) is 0 Å². The topological polar surface area (TPSA) is 102 Å². The molecule has 0 aliphatic heterocycles. The maximum absolute atomic E-state index is 13.1. The van der Waals surface area contributed by atoms with Crippen LogP contribution in [0.15, 0.2) is 24.3 Å². The third-order valence-corrected chi connectivity index (χ3v) is 10.9. The Labute approximate surface area is 266 Å². The highest BCUT2D eigenvalue weighted by atomic mass is 32.2. The van der Waals surface area contributed by atoms with Gasteiger partial charge in [0.05, 0.1) is 13.2 Å². The molecule has 0 aliphatic rings. The monoisotopic (exact) mass is 644 g/mol. The molecular weight excluding hydrogens is 583 g/mol. The highest BCUT2D eigenvalue weighted by molar-refractivity contribution is 7.99. The summed E-state index contributed by atoms with van der Waals surface area (Å²) in [5.41, 5.74) is 1.44. The van der Waals surface area contributed by atoms with Crippen LogP contribution in [0.2, 0.25) is 0 Å². The number of hydrogen-bond donors (Lipinski definition) is 2. The van der Waals surface area contributed by atoms with E-state index in [1.165, 1.54) is 43.0 Å². The molecule has 1 aromatic carbocycles. The molecule has 7 nitrogen and oxygen atoms in total. The molecule has 0 amide bonds. The van der Waals surface area contributed by atoms with Crippen molar-refractivity contribution < 1.29 is 33.4 Å². The van der Waals surface area contributed by atoms with Crippen molar-refractivity contribution >= 4 is 25.3 Å². The van der Waals surface area contributed by atoms with Gasteiger partial charge in [-0.2, -0.15) is 11.8 Å². The molecule has 0 aromatic heterocycles. The fraction of sp³-hybridized carbons (Fsp3) is 0.794. The van der Waals surface area contributed by atoms with E-state index < -0.39 is 18.9 Å². The van der Waals surface area contributed by atoms with Gasteiger partial charge in [-0.3, -0.25) is 4.57 Å². The van der Waals surface area contributed by atoms with E-state index in [0.717, 1.165) is 63.5 Å². The number of carboxylic acids is 1. The van der Waals surface area contributed by atoms with E-state index in [0.29, 0.717) is 25.2 Å². The van der Waals surface area contributed by atoms with Crippen molar-refractivity contribution in [1.29, 1.82) is 0 Å². The zero-order valence-electron chi connectivity index (χ0n) is 27.7. The fourth-order valence-electron chi connectivity index (χ4n) is 4.71. The van der Waals surface area contributed by atoms with E-state index in [-0.39, 0.29) is 24.4 Å². The van der Waals surface area contributed by atoms with Crippen LogP contribution in [0.25, 0.3) is 0 Å². The molecule has 43 heavy (non-hydrogen) atoms. The molecule has 2 N–H and O–H groups in total. The quantitative estimate of drug-likeness (QED) is 0.0721. The molecule has 0 aliphatic carbocycles. The molecule has 250 valence electrons. The molecule has 2 unspecified atom stereocenters. The highest BCUT2D eigenvalue weighted by Crippen LogP contribution is 2.57. The van der Waals surface area contributed by atoms with Gasteiger partial charge in [-0.1, -0.05) is 117 Å². The lowest BCUT2D eigenvalue weighted by Gasteiger charge is -2.32. The fourth-order valence-corrected chi connectivity index (χ4v) is 7.81. The largest absolute Gasteiger partial charge is 0.494 e. The van der Waals surface area contributed by atoms with Gasteiger partial charge in [-0.15, -0.1) is 0 Å².